The normalized spacial score (nSPS) is 8.94. The van der Waals surface area contributed by atoms with Gasteiger partial charge >= 0.3 is 52.4 Å². The van der Waals surface area contributed by atoms with Crippen LogP contribution < -0.4 is 0 Å². The summed E-state index contributed by atoms with van der Waals surface area (Å²) in [4.78, 5) is 73.8. The van der Waals surface area contributed by atoms with Crippen molar-refractivity contribution in [3.63, 3.8) is 0 Å². The molecule has 25 nitrogen and oxygen atoms in total. The Morgan fingerprint density at radius 3 is 0.485 bits per heavy atom. The molecule has 0 aromatic carbocycles. The first-order valence-corrected chi connectivity index (χ1v) is 17.4. The van der Waals surface area contributed by atoms with Crippen LogP contribution in [0.5, 0.6) is 0 Å². The number of rotatable bonds is 6. The van der Waals surface area contributed by atoms with E-state index in [1.807, 2.05) is 0 Å². The molecule has 352 valence electrons. The van der Waals surface area contributed by atoms with Crippen LogP contribution in [0.4, 0.5) is 0 Å². The van der Waals surface area contributed by atoms with E-state index in [9.17, 15) is 64.8 Å². The summed E-state index contributed by atoms with van der Waals surface area (Å²) < 4.78 is 28.0. The van der Waals surface area contributed by atoms with Gasteiger partial charge in [0.05, 0.1) is 37.6 Å². The Morgan fingerprint density at radius 2 is 0.424 bits per heavy atom. The molecule has 0 aliphatic carbocycles. The Balaban J connectivity index is -0.000000705. The van der Waals surface area contributed by atoms with Gasteiger partial charge in [-0.3, -0.25) is 28.8 Å². The molecule has 6 amide bonds. The van der Waals surface area contributed by atoms with E-state index in [4.69, 9.17) is 0 Å². The quantitative estimate of drug-likeness (QED) is 0.157. The van der Waals surface area contributed by atoms with Crippen LogP contribution in [-0.4, -0.2) is 166 Å². The number of hydrogen-bond acceptors (Lipinski definition) is 19. The van der Waals surface area contributed by atoms with Gasteiger partial charge in [0.1, 0.15) is 5.78 Å². The second-order valence-electron chi connectivity index (χ2n) is 11.6. The predicted octanol–water partition coefficient (Wildman–Crippen LogP) is 4.93. The van der Waals surface area contributed by atoms with Crippen LogP contribution >= 0.6 is 0 Å². The molecule has 0 unspecified atom stereocenters. The zero-order chi connectivity index (χ0) is 48.9. The number of ketones is 1. The fourth-order valence-electron chi connectivity index (χ4n) is 3.33. The van der Waals surface area contributed by atoms with Crippen LogP contribution in [0.1, 0.15) is 77.2 Å². The third-order valence-corrected chi connectivity index (χ3v) is 6.11. The van der Waals surface area contributed by atoms with Crippen molar-refractivity contribution in [3.05, 3.63) is 176 Å². The Labute approximate surface area is 414 Å². The first-order chi connectivity index (χ1) is 30.0. The molecule has 0 aliphatic rings. The van der Waals surface area contributed by atoms with Crippen molar-refractivity contribution >= 4 is 93.6 Å². The number of furan rings is 6. The molecule has 0 saturated carbocycles. The molecule has 0 saturated heterocycles. The first kappa shape index (κ1) is 64.0. The third kappa shape index (κ3) is 26.5. The van der Waals surface area contributed by atoms with Gasteiger partial charge in [-0.05, 0) is 129 Å². The molecule has 0 bridgehead atoms. The number of carbonyl (C=O) groups excluding carboxylic acids is 7. The van der Waals surface area contributed by atoms with Gasteiger partial charge in [0.2, 0.25) is 0 Å². The second kappa shape index (κ2) is 35.0. The minimum atomic E-state index is -0.662. The van der Waals surface area contributed by atoms with E-state index >= 15 is 0 Å². The van der Waals surface area contributed by atoms with Crippen LogP contribution in [0.25, 0.3) is 0 Å². The zero-order valence-electron chi connectivity index (χ0n) is 36.2. The molecule has 0 atom stereocenters. The van der Waals surface area contributed by atoms with Gasteiger partial charge < -0.3 is 92.9 Å². The van der Waals surface area contributed by atoms with Gasteiger partial charge in [0.25, 0.3) is 35.4 Å². The Morgan fingerprint density at radius 1 is 0.318 bits per heavy atom. The maximum Gasteiger partial charge on any atom is 3.00 e. The maximum absolute atomic E-state index is 10.7. The van der Waals surface area contributed by atoms with Crippen molar-refractivity contribution in [1.29, 1.82) is 0 Å². The Hall–Kier alpha value is -6.30. The molecule has 0 N–H and O–H groups in total. The van der Waals surface area contributed by atoms with Crippen LogP contribution in [0.15, 0.2) is 137 Å². The standard InChI is InChI=1S/6C6H6NO3.C3H6O.2Bi/c6*1-7(9)6(8)5-3-2-4-10-5;1-3(2)4;;/h6*2-4H,1H3;1-2H3;;/q6*-1;;2*+3. The molecule has 0 fully saturated rings. The SMILES string of the molecule is CC(C)=O.CN([O-])C(=O)c1ccco1.CN([O-])C(=O)c1ccco1.CN([O-])C(=O)c1ccco1.CN([O-])C(=O)c1ccco1.CN([O-])C(=O)c1ccco1.CN([O-])C(=O)c1ccco1.[Bi+3].[Bi+3]. The Bertz CT molecular complexity index is 1790. The van der Waals surface area contributed by atoms with Crippen molar-refractivity contribution in [3.8, 4) is 0 Å². The molecule has 0 spiro atoms. The third-order valence-electron chi connectivity index (χ3n) is 6.11. The summed E-state index contributed by atoms with van der Waals surface area (Å²) in [7, 11) is 6.78. The van der Waals surface area contributed by atoms with Crippen molar-refractivity contribution in [2.75, 3.05) is 42.3 Å². The number of Topliss-reactive ketones (excluding diaryl/α,β-unsaturated/α-hetero) is 1. The van der Waals surface area contributed by atoms with Crippen LogP contribution in [0.3, 0.4) is 0 Å². The summed E-state index contributed by atoms with van der Waals surface area (Å²) in [6.07, 6.45) is 8.06. The van der Waals surface area contributed by atoms with Crippen molar-refractivity contribution in [2.24, 2.45) is 0 Å². The minimum absolute atomic E-state index is 0. The van der Waals surface area contributed by atoms with E-state index in [0.29, 0.717) is 0 Å². The summed E-state index contributed by atoms with van der Waals surface area (Å²) in [6, 6.07) is 18.0. The molecule has 6 heterocycles. The summed E-state index contributed by atoms with van der Waals surface area (Å²) in [5.74, 6) is -3.40. The molecule has 66 heavy (non-hydrogen) atoms. The van der Waals surface area contributed by atoms with E-state index in [0.717, 1.165) is 42.3 Å². The van der Waals surface area contributed by atoms with Gasteiger partial charge in [-0.15, -0.1) is 0 Å². The van der Waals surface area contributed by atoms with E-state index in [2.05, 4.69) is 26.5 Å². The number of hydrogen-bond donors (Lipinski definition) is 0. The van der Waals surface area contributed by atoms with Crippen molar-refractivity contribution < 1.29 is 60.1 Å². The van der Waals surface area contributed by atoms with Gasteiger partial charge in [0, 0.05) is 0 Å². The Kier molecular flexibility index (Phi) is 33.9. The molecular formula is C39H42Bi2N6O19. The topological polar surface area (TPSA) is 356 Å². The second-order valence-corrected chi connectivity index (χ2v) is 11.6. The van der Waals surface area contributed by atoms with E-state index < -0.39 is 35.4 Å². The largest absolute Gasteiger partial charge is 3.00 e. The van der Waals surface area contributed by atoms with Crippen molar-refractivity contribution in [2.45, 2.75) is 13.8 Å². The van der Waals surface area contributed by atoms with E-state index in [1.54, 1.807) is 36.4 Å². The monoisotopic (exact) mass is 1320 g/mol. The molecule has 6 aromatic rings. The molecule has 6 rings (SSSR count). The van der Waals surface area contributed by atoms with Crippen molar-refractivity contribution in [1.82, 2.24) is 30.4 Å². The number of nitrogens with zero attached hydrogens (tertiary/aromatic N) is 6. The van der Waals surface area contributed by atoms with Crippen LogP contribution in [0.2, 0.25) is 0 Å². The zero-order valence-corrected chi connectivity index (χ0v) is 43.2. The average molecular weight is 1320 g/mol. The van der Waals surface area contributed by atoms with Crippen LogP contribution in [-0.2, 0) is 4.79 Å². The maximum atomic E-state index is 10.7. The van der Waals surface area contributed by atoms with E-state index in [-0.39, 0.29) is 123 Å². The number of carbonyl (C=O) groups is 7. The first-order valence-electron chi connectivity index (χ1n) is 17.4. The predicted molar refractivity (Wildman–Crippen MR) is 233 cm³/mol. The van der Waals surface area contributed by atoms with E-state index in [1.165, 1.54) is 87.8 Å². The molecular weight excluding hydrogens is 1270 g/mol. The molecule has 27 heteroatoms. The summed E-state index contributed by atoms with van der Waals surface area (Å²) in [6.45, 7) is 3.06. The summed E-state index contributed by atoms with van der Waals surface area (Å²) in [5, 5.41) is 63.4. The fraction of sp³-hybridized carbons (Fsp3) is 0.205. The molecule has 6 aromatic heterocycles. The fourth-order valence-corrected chi connectivity index (χ4v) is 3.33. The summed E-state index contributed by atoms with van der Waals surface area (Å²) in [5.41, 5.74) is 0. The average Bonchev–Trinajstić information content (AvgIpc) is 4.11. The van der Waals surface area contributed by atoms with Gasteiger partial charge in [0.15, 0.2) is 34.6 Å². The van der Waals surface area contributed by atoms with Gasteiger partial charge in [-0.2, -0.15) is 0 Å². The minimum Gasteiger partial charge on any atom is -0.756 e. The molecule has 0 aliphatic heterocycles. The van der Waals surface area contributed by atoms with Gasteiger partial charge in [-0.1, -0.05) is 0 Å². The van der Waals surface area contributed by atoms with Gasteiger partial charge in [-0.25, -0.2) is 0 Å². The summed E-state index contributed by atoms with van der Waals surface area (Å²) >= 11 is 0. The van der Waals surface area contributed by atoms with Crippen LogP contribution in [0, 0.1) is 31.2 Å². The number of hydroxylamine groups is 12. The molecule has 4 radical (unpaired) electrons. The number of amides is 6. The smallest absolute Gasteiger partial charge is 0.756 e.